The van der Waals surface area contributed by atoms with Gasteiger partial charge >= 0.3 is 5.69 Å². The molecule has 0 aliphatic heterocycles. The highest BCUT2D eigenvalue weighted by Crippen LogP contribution is 2.37. The summed E-state index contributed by atoms with van der Waals surface area (Å²) in [6.45, 7) is 6.11. The molecule has 0 radical (unpaired) electrons. The monoisotopic (exact) mass is 293 g/mol. The summed E-state index contributed by atoms with van der Waals surface area (Å²) >= 11 is 0. The van der Waals surface area contributed by atoms with Gasteiger partial charge in [-0.3, -0.25) is 10.1 Å². The molecular weight excluding hydrogens is 270 g/mol. The summed E-state index contributed by atoms with van der Waals surface area (Å²) in [6, 6.07) is 0.214. The third-order valence-electron chi connectivity index (χ3n) is 4.01. The average Bonchev–Trinajstić information content (AvgIpc) is 2.36. The first-order valence-electron chi connectivity index (χ1n) is 7.30. The van der Waals surface area contributed by atoms with E-state index in [9.17, 15) is 10.1 Å². The van der Waals surface area contributed by atoms with Crippen LogP contribution in [-0.2, 0) is 0 Å². The zero-order valence-corrected chi connectivity index (χ0v) is 13.1. The molecular formula is C14H23N5O2. The van der Waals surface area contributed by atoms with Gasteiger partial charge in [-0.1, -0.05) is 20.3 Å². The highest BCUT2D eigenvalue weighted by atomic mass is 16.6. The SMILES string of the molecule is CNc1nc(C)c([N+](=O)[O-])c(NC2CCCC(C)(C)C2)n1. The summed E-state index contributed by atoms with van der Waals surface area (Å²) in [4.78, 5) is 19.2. The second-order valence-electron chi connectivity index (χ2n) is 6.44. The van der Waals surface area contributed by atoms with Crippen molar-refractivity contribution in [2.45, 2.75) is 52.5 Å². The first kappa shape index (κ1) is 15.5. The van der Waals surface area contributed by atoms with Crippen molar-refractivity contribution >= 4 is 17.5 Å². The average molecular weight is 293 g/mol. The second-order valence-corrected chi connectivity index (χ2v) is 6.44. The zero-order chi connectivity index (χ0) is 15.6. The molecule has 0 spiro atoms. The molecule has 2 rings (SSSR count). The van der Waals surface area contributed by atoms with Crippen LogP contribution in [0, 0.1) is 22.5 Å². The fraction of sp³-hybridized carbons (Fsp3) is 0.714. The minimum absolute atomic E-state index is 0.0302. The fourth-order valence-electron chi connectivity index (χ4n) is 3.01. The Morgan fingerprint density at radius 2 is 2.10 bits per heavy atom. The minimum Gasteiger partial charge on any atom is -0.361 e. The number of nitrogens with one attached hydrogen (secondary N) is 2. The maximum Gasteiger partial charge on any atom is 0.332 e. The van der Waals surface area contributed by atoms with E-state index in [4.69, 9.17) is 0 Å². The van der Waals surface area contributed by atoms with E-state index in [1.807, 2.05) is 0 Å². The molecule has 1 aliphatic carbocycles. The lowest BCUT2D eigenvalue weighted by atomic mass is 9.75. The van der Waals surface area contributed by atoms with Crippen LogP contribution in [0.15, 0.2) is 0 Å². The molecule has 0 saturated heterocycles. The van der Waals surface area contributed by atoms with Gasteiger partial charge < -0.3 is 10.6 Å². The lowest BCUT2D eigenvalue weighted by molar-refractivity contribution is -0.385. The molecule has 1 heterocycles. The minimum atomic E-state index is -0.412. The summed E-state index contributed by atoms with van der Waals surface area (Å²) in [5, 5.41) is 17.4. The van der Waals surface area contributed by atoms with Crippen LogP contribution in [-0.4, -0.2) is 28.0 Å². The van der Waals surface area contributed by atoms with Gasteiger partial charge in [-0.25, -0.2) is 4.98 Å². The van der Waals surface area contributed by atoms with E-state index in [1.165, 1.54) is 6.42 Å². The molecule has 2 N–H and O–H groups in total. The number of anilines is 2. The van der Waals surface area contributed by atoms with Crippen molar-refractivity contribution in [2.75, 3.05) is 17.7 Å². The third-order valence-corrected chi connectivity index (χ3v) is 4.01. The number of hydrogen-bond donors (Lipinski definition) is 2. The van der Waals surface area contributed by atoms with Crippen LogP contribution in [0.3, 0.4) is 0 Å². The van der Waals surface area contributed by atoms with E-state index >= 15 is 0 Å². The molecule has 1 saturated carbocycles. The fourth-order valence-corrected chi connectivity index (χ4v) is 3.01. The van der Waals surface area contributed by atoms with E-state index in [2.05, 4.69) is 34.4 Å². The van der Waals surface area contributed by atoms with Gasteiger partial charge in [0.25, 0.3) is 0 Å². The first-order valence-corrected chi connectivity index (χ1v) is 7.30. The van der Waals surface area contributed by atoms with Crippen LogP contribution >= 0.6 is 0 Å². The molecule has 7 nitrogen and oxygen atoms in total. The predicted octanol–water partition coefficient (Wildman–Crippen LogP) is 3.12. The molecule has 1 aromatic heterocycles. The largest absolute Gasteiger partial charge is 0.361 e. The molecule has 0 bridgehead atoms. The van der Waals surface area contributed by atoms with Gasteiger partial charge in [0.05, 0.1) is 4.92 Å². The molecule has 1 fully saturated rings. The second kappa shape index (κ2) is 5.83. The Morgan fingerprint density at radius 1 is 1.38 bits per heavy atom. The Kier molecular flexibility index (Phi) is 4.29. The summed E-state index contributed by atoms with van der Waals surface area (Å²) in [6.07, 6.45) is 4.32. The van der Waals surface area contributed by atoms with Crippen LogP contribution in [0.25, 0.3) is 0 Å². The summed E-state index contributed by atoms with van der Waals surface area (Å²) in [5.41, 5.74) is 0.604. The third kappa shape index (κ3) is 3.59. The van der Waals surface area contributed by atoms with Crippen molar-refractivity contribution < 1.29 is 4.92 Å². The van der Waals surface area contributed by atoms with Gasteiger partial charge in [-0.05, 0) is 31.6 Å². The molecule has 1 aliphatic rings. The Morgan fingerprint density at radius 3 is 2.67 bits per heavy atom. The number of aryl methyl sites for hydroxylation is 1. The predicted molar refractivity (Wildman–Crippen MR) is 82.6 cm³/mol. The Balaban J connectivity index is 2.29. The highest BCUT2D eigenvalue weighted by molar-refractivity contribution is 5.61. The molecule has 0 aromatic carbocycles. The van der Waals surface area contributed by atoms with Gasteiger partial charge in [0.15, 0.2) is 0 Å². The quantitative estimate of drug-likeness (QED) is 0.654. The number of aromatic nitrogens is 2. The summed E-state index contributed by atoms with van der Waals surface area (Å²) in [5.74, 6) is 0.718. The van der Waals surface area contributed by atoms with Crippen LogP contribution in [0.1, 0.15) is 45.2 Å². The maximum atomic E-state index is 11.3. The Labute approximate surface area is 124 Å². The maximum absolute atomic E-state index is 11.3. The molecule has 0 amide bonds. The van der Waals surface area contributed by atoms with E-state index in [0.29, 0.717) is 17.5 Å². The topological polar surface area (TPSA) is 93.0 Å². The van der Waals surface area contributed by atoms with E-state index < -0.39 is 4.92 Å². The number of hydrogen-bond acceptors (Lipinski definition) is 6. The summed E-state index contributed by atoms with van der Waals surface area (Å²) < 4.78 is 0. The van der Waals surface area contributed by atoms with Crippen molar-refractivity contribution in [1.29, 1.82) is 0 Å². The van der Waals surface area contributed by atoms with E-state index in [1.54, 1.807) is 14.0 Å². The van der Waals surface area contributed by atoms with Crippen molar-refractivity contribution in [3.05, 3.63) is 15.8 Å². The van der Waals surface area contributed by atoms with Crippen LogP contribution in [0.2, 0.25) is 0 Å². The Hall–Kier alpha value is -1.92. The first-order chi connectivity index (χ1) is 9.82. The standard InChI is InChI=1S/C14H23N5O2/c1-9-11(19(20)21)12(18-13(15-4)16-9)17-10-6-5-7-14(2,3)8-10/h10H,5-8H2,1-4H3,(H2,15,16,17,18). The van der Waals surface area contributed by atoms with E-state index in [-0.39, 0.29) is 17.1 Å². The molecule has 21 heavy (non-hydrogen) atoms. The normalized spacial score (nSPS) is 20.9. The van der Waals surface area contributed by atoms with Gasteiger partial charge in [0.1, 0.15) is 5.69 Å². The van der Waals surface area contributed by atoms with Crippen LogP contribution < -0.4 is 10.6 Å². The van der Waals surface area contributed by atoms with Gasteiger partial charge in [-0.15, -0.1) is 0 Å². The van der Waals surface area contributed by atoms with Gasteiger partial charge in [-0.2, -0.15) is 4.98 Å². The highest BCUT2D eigenvalue weighted by Gasteiger charge is 2.30. The zero-order valence-electron chi connectivity index (χ0n) is 13.1. The molecule has 1 atom stereocenters. The lowest BCUT2D eigenvalue weighted by Gasteiger charge is -2.35. The molecule has 7 heteroatoms. The van der Waals surface area contributed by atoms with Crippen molar-refractivity contribution in [1.82, 2.24) is 9.97 Å². The van der Waals surface area contributed by atoms with Gasteiger partial charge in [0.2, 0.25) is 11.8 Å². The van der Waals surface area contributed by atoms with Crippen molar-refractivity contribution in [3.63, 3.8) is 0 Å². The van der Waals surface area contributed by atoms with Crippen molar-refractivity contribution in [2.24, 2.45) is 5.41 Å². The number of nitrogens with zero attached hydrogens (tertiary/aromatic N) is 3. The van der Waals surface area contributed by atoms with Crippen LogP contribution in [0.5, 0.6) is 0 Å². The van der Waals surface area contributed by atoms with Crippen molar-refractivity contribution in [3.8, 4) is 0 Å². The molecule has 1 aromatic rings. The van der Waals surface area contributed by atoms with Crippen LogP contribution in [0.4, 0.5) is 17.5 Å². The number of rotatable bonds is 4. The Bertz CT molecular complexity index is 544. The molecule has 116 valence electrons. The van der Waals surface area contributed by atoms with Gasteiger partial charge in [0, 0.05) is 13.1 Å². The number of nitro groups is 1. The van der Waals surface area contributed by atoms with E-state index in [0.717, 1.165) is 19.3 Å². The smallest absolute Gasteiger partial charge is 0.332 e. The molecule has 1 unspecified atom stereocenters. The lowest BCUT2D eigenvalue weighted by Crippen LogP contribution is -2.32. The summed E-state index contributed by atoms with van der Waals surface area (Å²) in [7, 11) is 1.70.